The minimum Gasteiger partial charge on any atom is -0.346 e. The molecule has 130 valence electrons. The number of aryl methyl sites for hydroxylation is 1. The van der Waals surface area contributed by atoms with E-state index in [2.05, 4.69) is 28.4 Å². The third-order valence-electron chi connectivity index (χ3n) is 4.26. The molecule has 0 bridgehead atoms. The van der Waals surface area contributed by atoms with Gasteiger partial charge < -0.3 is 4.57 Å². The first-order valence-corrected chi connectivity index (χ1v) is 8.18. The number of nitrogens with zero attached hydrogens (tertiary/aromatic N) is 1. The Kier molecular flexibility index (Phi) is 4.70. The molecule has 1 fully saturated rings. The molecule has 0 saturated heterocycles. The van der Waals surface area contributed by atoms with E-state index in [1.165, 1.54) is 48.9 Å². The zero-order valence-electron chi connectivity index (χ0n) is 14.2. The molecular weight excluding hydrogens is 321 g/mol. The molecule has 5 nitrogen and oxygen atoms in total. The van der Waals surface area contributed by atoms with Gasteiger partial charge in [0, 0.05) is 29.1 Å². The van der Waals surface area contributed by atoms with Gasteiger partial charge in [-0.05, 0) is 68.7 Å². The van der Waals surface area contributed by atoms with Crippen LogP contribution in [0.4, 0.5) is 4.39 Å². The van der Waals surface area contributed by atoms with Gasteiger partial charge in [-0.1, -0.05) is 0 Å². The maximum atomic E-state index is 12.8. The zero-order chi connectivity index (χ0) is 18.0. The van der Waals surface area contributed by atoms with Crippen molar-refractivity contribution >= 4 is 17.9 Å². The summed E-state index contributed by atoms with van der Waals surface area (Å²) in [5, 5.41) is 0. The fraction of sp³-hybridized carbons (Fsp3) is 0.263. The number of nitrogens with one attached hydrogen (secondary N) is 2. The van der Waals surface area contributed by atoms with Crippen LogP contribution in [-0.2, 0) is 4.79 Å². The summed E-state index contributed by atoms with van der Waals surface area (Å²) in [4.78, 5) is 23.7. The quantitative estimate of drug-likeness (QED) is 0.663. The van der Waals surface area contributed by atoms with E-state index in [4.69, 9.17) is 0 Å². The minimum atomic E-state index is -0.506. The smallest absolute Gasteiger partial charge is 0.269 e. The number of benzene rings is 1. The van der Waals surface area contributed by atoms with Gasteiger partial charge in [0.05, 0.1) is 0 Å². The fourth-order valence-corrected chi connectivity index (χ4v) is 2.86. The van der Waals surface area contributed by atoms with E-state index >= 15 is 0 Å². The second kappa shape index (κ2) is 6.93. The van der Waals surface area contributed by atoms with Gasteiger partial charge in [0.15, 0.2) is 0 Å². The van der Waals surface area contributed by atoms with Gasteiger partial charge >= 0.3 is 0 Å². The predicted molar refractivity (Wildman–Crippen MR) is 93.2 cm³/mol. The summed E-state index contributed by atoms with van der Waals surface area (Å²) in [6.07, 6.45) is 5.52. The van der Waals surface area contributed by atoms with Gasteiger partial charge in [-0.2, -0.15) is 0 Å². The molecule has 0 atom stereocenters. The van der Waals surface area contributed by atoms with Crippen molar-refractivity contribution in [3.63, 3.8) is 0 Å². The third-order valence-corrected chi connectivity index (χ3v) is 4.26. The molecule has 0 aliphatic heterocycles. The van der Waals surface area contributed by atoms with Crippen LogP contribution in [0.1, 0.15) is 46.2 Å². The molecule has 1 saturated carbocycles. The van der Waals surface area contributed by atoms with Crippen molar-refractivity contribution in [2.75, 3.05) is 0 Å². The van der Waals surface area contributed by atoms with Crippen molar-refractivity contribution in [1.29, 1.82) is 0 Å². The number of hydrazine groups is 1. The number of carbonyl (C=O) groups excluding carboxylic acids is 2. The van der Waals surface area contributed by atoms with Crippen molar-refractivity contribution in [3.8, 4) is 0 Å². The number of aromatic nitrogens is 1. The fourth-order valence-electron chi connectivity index (χ4n) is 2.86. The van der Waals surface area contributed by atoms with Gasteiger partial charge in [-0.25, -0.2) is 4.39 Å². The van der Waals surface area contributed by atoms with Crippen LogP contribution in [-0.4, -0.2) is 16.4 Å². The van der Waals surface area contributed by atoms with E-state index in [1.807, 2.05) is 6.92 Å². The number of rotatable bonds is 4. The molecule has 25 heavy (non-hydrogen) atoms. The van der Waals surface area contributed by atoms with Crippen molar-refractivity contribution in [1.82, 2.24) is 15.4 Å². The monoisotopic (exact) mass is 341 g/mol. The standard InChI is InChI=1S/C19H20FN3O2/c1-12-11-15(13(2)23(12)17-8-9-17)5-10-18(24)21-22-19(25)14-3-6-16(20)7-4-14/h3-7,10-11,17H,8-9H2,1-2H3,(H,21,24)(H,22,25)/b10-5+. The molecule has 0 radical (unpaired) electrons. The van der Waals surface area contributed by atoms with E-state index in [0.29, 0.717) is 6.04 Å². The van der Waals surface area contributed by atoms with Crippen LogP contribution < -0.4 is 10.9 Å². The molecule has 1 aliphatic carbocycles. The van der Waals surface area contributed by atoms with Crippen LogP contribution in [0.15, 0.2) is 36.4 Å². The second-order valence-electron chi connectivity index (χ2n) is 6.21. The highest BCUT2D eigenvalue weighted by Crippen LogP contribution is 2.38. The largest absolute Gasteiger partial charge is 0.346 e. The first-order valence-electron chi connectivity index (χ1n) is 8.18. The molecule has 2 aromatic rings. The summed E-state index contributed by atoms with van der Waals surface area (Å²) >= 11 is 0. The number of halogens is 1. The predicted octanol–water partition coefficient (Wildman–Crippen LogP) is 3.05. The van der Waals surface area contributed by atoms with Crippen molar-refractivity contribution in [2.24, 2.45) is 0 Å². The van der Waals surface area contributed by atoms with Crippen LogP contribution in [0.3, 0.4) is 0 Å². The molecule has 6 heteroatoms. The Morgan fingerprint density at radius 3 is 2.48 bits per heavy atom. The summed E-state index contributed by atoms with van der Waals surface area (Å²) in [6, 6.07) is 7.71. The van der Waals surface area contributed by atoms with E-state index in [0.717, 1.165) is 11.3 Å². The lowest BCUT2D eigenvalue weighted by atomic mass is 10.2. The average molecular weight is 341 g/mol. The molecule has 2 amide bonds. The number of hydrogen-bond acceptors (Lipinski definition) is 2. The molecule has 0 unspecified atom stereocenters. The maximum absolute atomic E-state index is 12.8. The number of amides is 2. The highest BCUT2D eigenvalue weighted by Gasteiger charge is 2.26. The van der Waals surface area contributed by atoms with Crippen LogP contribution in [0.25, 0.3) is 6.08 Å². The molecule has 1 aromatic heterocycles. The average Bonchev–Trinajstić information content (AvgIpc) is 3.37. The molecular formula is C19H20FN3O2. The molecule has 1 aliphatic rings. The van der Waals surface area contributed by atoms with Gasteiger partial charge in [-0.3, -0.25) is 20.4 Å². The Hall–Kier alpha value is -2.89. The Morgan fingerprint density at radius 2 is 1.84 bits per heavy atom. The molecule has 1 heterocycles. The number of carbonyl (C=O) groups is 2. The van der Waals surface area contributed by atoms with Crippen LogP contribution in [0.5, 0.6) is 0 Å². The molecule has 1 aromatic carbocycles. The Labute approximate surface area is 145 Å². The van der Waals surface area contributed by atoms with E-state index < -0.39 is 17.6 Å². The third kappa shape index (κ3) is 3.96. The lowest BCUT2D eigenvalue weighted by molar-refractivity contribution is -0.117. The molecule has 2 N–H and O–H groups in total. The molecule has 3 rings (SSSR count). The zero-order valence-corrected chi connectivity index (χ0v) is 14.2. The highest BCUT2D eigenvalue weighted by atomic mass is 19.1. The van der Waals surface area contributed by atoms with Crippen LogP contribution >= 0.6 is 0 Å². The maximum Gasteiger partial charge on any atom is 0.269 e. The van der Waals surface area contributed by atoms with Gasteiger partial charge in [-0.15, -0.1) is 0 Å². The van der Waals surface area contributed by atoms with Gasteiger partial charge in [0.2, 0.25) is 0 Å². The van der Waals surface area contributed by atoms with E-state index in [9.17, 15) is 14.0 Å². The van der Waals surface area contributed by atoms with Crippen molar-refractivity contribution < 1.29 is 14.0 Å². The Morgan fingerprint density at radius 1 is 1.16 bits per heavy atom. The Balaban J connectivity index is 1.57. The van der Waals surface area contributed by atoms with Gasteiger partial charge in [0.1, 0.15) is 5.82 Å². The Bertz CT molecular complexity index is 833. The van der Waals surface area contributed by atoms with E-state index in [-0.39, 0.29) is 5.56 Å². The second-order valence-corrected chi connectivity index (χ2v) is 6.21. The normalized spacial score (nSPS) is 13.9. The summed E-state index contributed by atoms with van der Waals surface area (Å²) in [5.41, 5.74) is 8.19. The summed E-state index contributed by atoms with van der Waals surface area (Å²) in [5.74, 6) is -1.37. The van der Waals surface area contributed by atoms with Crippen LogP contribution in [0, 0.1) is 19.7 Å². The minimum absolute atomic E-state index is 0.263. The topological polar surface area (TPSA) is 63.1 Å². The summed E-state index contributed by atoms with van der Waals surface area (Å²) in [6.45, 7) is 4.10. The summed E-state index contributed by atoms with van der Waals surface area (Å²) in [7, 11) is 0. The first kappa shape index (κ1) is 17.0. The lowest BCUT2D eigenvalue weighted by Crippen LogP contribution is -2.40. The molecule has 0 spiro atoms. The summed E-state index contributed by atoms with van der Waals surface area (Å²) < 4.78 is 15.1. The SMILES string of the molecule is Cc1cc(/C=C/C(=O)NNC(=O)c2ccc(F)cc2)c(C)n1C1CC1. The number of hydrogen-bond donors (Lipinski definition) is 2. The first-order chi connectivity index (χ1) is 12.0. The van der Waals surface area contributed by atoms with Crippen molar-refractivity contribution in [3.05, 3.63) is 64.7 Å². The van der Waals surface area contributed by atoms with Gasteiger partial charge in [0.25, 0.3) is 11.8 Å². The van der Waals surface area contributed by atoms with E-state index in [1.54, 1.807) is 6.08 Å². The van der Waals surface area contributed by atoms with Crippen LogP contribution in [0.2, 0.25) is 0 Å². The lowest BCUT2D eigenvalue weighted by Gasteiger charge is -2.06. The van der Waals surface area contributed by atoms with Crippen molar-refractivity contribution in [2.45, 2.75) is 32.7 Å². The highest BCUT2D eigenvalue weighted by molar-refractivity contribution is 5.97.